The van der Waals surface area contributed by atoms with Crippen molar-refractivity contribution in [1.29, 1.82) is 0 Å². The molecular formula is C30H32N2O6. The van der Waals surface area contributed by atoms with E-state index < -0.39 is 35.7 Å². The van der Waals surface area contributed by atoms with Gasteiger partial charge in [0, 0.05) is 12.3 Å². The highest BCUT2D eigenvalue weighted by Crippen LogP contribution is 2.44. The Morgan fingerprint density at radius 2 is 1.47 bits per heavy atom. The molecule has 0 saturated heterocycles. The molecule has 0 aromatic heterocycles. The first-order valence-electron chi connectivity index (χ1n) is 12.5. The maximum atomic E-state index is 12.7. The van der Waals surface area contributed by atoms with Gasteiger partial charge in [-0.25, -0.2) is 14.4 Å². The Hall–Kier alpha value is -4.17. The van der Waals surface area contributed by atoms with Crippen LogP contribution in [-0.2, 0) is 25.5 Å². The van der Waals surface area contributed by atoms with Crippen LogP contribution in [0.5, 0.6) is 0 Å². The second kappa shape index (κ2) is 11.1. The minimum absolute atomic E-state index is 0.0618. The number of esters is 1. The van der Waals surface area contributed by atoms with E-state index in [1.165, 1.54) is 0 Å². The van der Waals surface area contributed by atoms with Crippen molar-refractivity contribution in [3.8, 4) is 11.1 Å². The minimum Gasteiger partial charge on any atom is -0.480 e. The summed E-state index contributed by atoms with van der Waals surface area (Å²) in [6.07, 6.45) is -0.931. The van der Waals surface area contributed by atoms with Crippen LogP contribution in [0.3, 0.4) is 0 Å². The number of amides is 1. The molecule has 0 radical (unpaired) electrons. The Morgan fingerprint density at radius 1 is 0.921 bits per heavy atom. The number of hydrogen-bond acceptors (Lipinski definition) is 6. The van der Waals surface area contributed by atoms with Crippen LogP contribution in [0.1, 0.15) is 55.0 Å². The standard InChI is InChI=1S/C30H32N2O6/c1-30(2,3)38-28(35)26(31)19-11-5-4-10-18(19)16-25(27(33)34)32-29(36)37-17-24-22-14-8-6-12-20(22)21-13-7-9-15-23(21)24/h4-15,24-26H,16-17,31H2,1-3H3,(H,32,36)(H,33,34)/t25-,26?/m1/s1. The topological polar surface area (TPSA) is 128 Å². The van der Waals surface area contributed by atoms with Crippen molar-refractivity contribution in [3.05, 3.63) is 95.1 Å². The van der Waals surface area contributed by atoms with E-state index in [-0.39, 0.29) is 18.9 Å². The molecule has 0 aliphatic heterocycles. The third-order valence-corrected chi connectivity index (χ3v) is 6.41. The molecule has 1 amide bonds. The molecule has 8 nitrogen and oxygen atoms in total. The number of carboxylic acids is 1. The fourth-order valence-corrected chi connectivity index (χ4v) is 4.72. The van der Waals surface area contributed by atoms with Crippen LogP contribution in [0.2, 0.25) is 0 Å². The Balaban J connectivity index is 1.44. The molecule has 0 fully saturated rings. The van der Waals surface area contributed by atoms with E-state index in [4.69, 9.17) is 15.2 Å². The average molecular weight is 517 g/mol. The van der Waals surface area contributed by atoms with Crippen molar-refractivity contribution >= 4 is 18.0 Å². The number of carboxylic acid groups (broad SMARTS) is 1. The van der Waals surface area contributed by atoms with E-state index in [0.29, 0.717) is 11.1 Å². The third kappa shape index (κ3) is 6.03. The Kier molecular flexibility index (Phi) is 7.83. The van der Waals surface area contributed by atoms with E-state index in [9.17, 15) is 19.5 Å². The lowest BCUT2D eigenvalue weighted by Gasteiger charge is -2.24. The summed E-state index contributed by atoms with van der Waals surface area (Å²) in [5.41, 5.74) is 10.7. The van der Waals surface area contributed by atoms with Gasteiger partial charge in [-0.1, -0.05) is 72.8 Å². The van der Waals surface area contributed by atoms with Gasteiger partial charge in [-0.3, -0.25) is 0 Å². The first-order chi connectivity index (χ1) is 18.0. The molecule has 38 heavy (non-hydrogen) atoms. The van der Waals surface area contributed by atoms with Crippen molar-refractivity contribution in [2.45, 2.75) is 50.8 Å². The molecule has 2 atom stereocenters. The summed E-state index contributed by atoms with van der Waals surface area (Å²) >= 11 is 0. The molecule has 0 heterocycles. The lowest BCUT2D eigenvalue weighted by Crippen LogP contribution is -2.43. The maximum absolute atomic E-state index is 12.7. The molecular weight excluding hydrogens is 484 g/mol. The van der Waals surface area contributed by atoms with Crippen LogP contribution in [0, 0.1) is 0 Å². The van der Waals surface area contributed by atoms with Crippen molar-refractivity contribution in [3.63, 3.8) is 0 Å². The zero-order valence-electron chi connectivity index (χ0n) is 21.6. The van der Waals surface area contributed by atoms with E-state index in [1.807, 2.05) is 48.5 Å². The number of nitrogens with one attached hydrogen (secondary N) is 1. The van der Waals surface area contributed by atoms with Gasteiger partial charge in [0.1, 0.15) is 24.3 Å². The van der Waals surface area contributed by atoms with Crippen LogP contribution in [0.25, 0.3) is 11.1 Å². The molecule has 4 N–H and O–H groups in total. The van der Waals surface area contributed by atoms with Crippen molar-refractivity contribution in [2.75, 3.05) is 6.61 Å². The molecule has 0 bridgehead atoms. The highest BCUT2D eigenvalue weighted by Gasteiger charge is 2.31. The Bertz CT molecular complexity index is 1300. The number of carbonyl (C=O) groups excluding carboxylic acids is 2. The van der Waals surface area contributed by atoms with Crippen LogP contribution in [0.4, 0.5) is 4.79 Å². The summed E-state index contributed by atoms with van der Waals surface area (Å²) in [5.74, 6) is -2.01. The predicted molar refractivity (Wildman–Crippen MR) is 143 cm³/mol. The van der Waals surface area contributed by atoms with Gasteiger partial charge in [-0.15, -0.1) is 0 Å². The zero-order chi connectivity index (χ0) is 27.4. The summed E-state index contributed by atoms with van der Waals surface area (Å²) in [5, 5.41) is 12.3. The van der Waals surface area contributed by atoms with Crippen LogP contribution in [-0.4, -0.2) is 41.4 Å². The zero-order valence-corrected chi connectivity index (χ0v) is 21.6. The monoisotopic (exact) mass is 516 g/mol. The molecule has 0 saturated carbocycles. The summed E-state index contributed by atoms with van der Waals surface area (Å²) in [6.45, 7) is 5.28. The normalized spacial score (nSPS) is 14.1. The van der Waals surface area contributed by atoms with Gasteiger partial charge in [0.25, 0.3) is 0 Å². The van der Waals surface area contributed by atoms with Gasteiger partial charge in [-0.2, -0.15) is 0 Å². The summed E-state index contributed by atoms with van der Waals surface area (Å²) in [4.78, 5) is 37.3. The highest BCUT2D eigenvalue weighted by molar-refractivity contribution is 5.82. The number of nitrogens with two attached hydrogens (primary N) is 1. The molecule has 3 aromatic carbocycles. The molecule has 4 rings (SSSR count). The molecule has 1 aliphatic carbocycles. The van der Waals surface area contributed by atoms with Crippen molar-refractivity contribution in [2.24, 2.45) is 5.73 Å². The van der Waals surface area contributed by atoms with Crippen LogP contribution >= 0.6 is 0 Å². The molecule has 8 heteroatoms. The smallest absolute Gasteiger partial charge is 0.407 e. The van der Waals surface area contributed by atoms with Crippen molar-refractivity contribution in [1.82, 2.24) is 5.32 Å². The number of fused-ring (bicyclic) bond motifs is 3. The lowest BCUT2D eigenvalue weighted by molar-refractivity contribution is -0.156. The lowest BCUT2D eigenvalue weighted by atomic mass is 9.95. The average Bonchev–Trinajstić information content (AvgIpc) is 3.19. The molecule has 3 aromatic rings. The van der Waals surface area contributed by atoms with E-state index in [0.717, 1.165) is 22.3 Å². The number of hydrogen-bond donors (Lipinski definition) is 3. The van der Waals surface area contributed by atoms with Gasteiger partial charge in [0.15, 0.2) is 0 Å². The number of aliphatic carboxylic acids is 1. The first kappa shape index (κ1) is 26.9. The number of benzene rings is 3. The molecule has 1 aliphatic rings. The number of ether oxygens (including phenoxy) is 2. The predicted octanol–water partition coefficient (Wildman–Crippen LogP) is 4.56. The van der Waals surface area contributed by atoms with E-state index >= 15 is 0 Å². The Labute approximate surface area is 221 Å². The van der Waals surface area contributed by atoms with Crippen LogP contribution < -0.4 is 11.1 Å². The first-order valence-corrected chi connectivity index (χ1v) is 12.5. The van der Waals surface area contributed by atoms with E-state index in [1.54, 1.807) is 45.0 Å². The number of carbonyl (C=O) groups is 3. The van der Waals surface area contributed by atoms with Gasteiger partial charge < -0.3 is 25.6 Å². The van der Waals surface area contributed by atoms with Crippen LogP contribution in [0.15, 0.2) is 72.8 Å². The van der Waals surface area contributed by atoms with Gasteiger partial charge >= 0.3 is 18.0 Å². The van der Waals surface area contributed by atoms with Gasteiger partial charge in [0.2, 0.25) is 0 Å². The summed E-state index contributed by atoms with van der Waals surface area (Å²) in [6, 6.07) is 20.3. The molecule has 0 spiro atoms. The van der Waals surface area contributed by atoms with Crippen molar-refractivity contribution < 1.29 is 29.0 Å². The van der Waals surface area contributed by atoms with Gasteiger partial charge in [-0.05, 0) is 54.2 Å². The summed E-state index contributed by atoms with van der Waals surface area (Å²) < 4.78 is 10.9. The number of rotatable bonds is 8. The second-order valence-corrected chi connectivity index (χ2v) is 10.3. The largest absolute Gasteiger partial charge is 0.480 e. The van der Waals surface area contributed by atoms with E-state index in [2.05, 4.69) is 5.32 Å². The summed E-state index contributed by atoms with van der Waals surface area (Å²) in [7, 11) is 0. The fourth-order valence-electron chi connectivity index (χ4n) is 4.72. The Morgan fingerprint density at radius 3 is 2.05 bits per heavy atom. The quantitative estimate of drug-likeness (QED) is 0.374. The third-order valence-electron chi connectivity index (χ3n) is 6.41. The minimum atomic E-state index is -1.29. The molecule has 1 unspecified atom stereocenters. The maximum Gasteiger partial charge on any atom is 0.407 e. The second-order valence-electron chi connectivity index (χ2n) is 10.3. The highest BCUT2D eigenvalue weighted by atomic mass is 16.6. The van der Waals surface area contributed by atoms with Gasteiger partial charge in [0.05, 0.1) is 0 Å². The molecule has 198 valence electrons. The number of alkyl carbamates (subject to hydrolysis) is 1. The fraction of sp³-hybridized carbons (Fsp3) is 0.300. The SMILES string of the molecule is CC(C)(C)OC(=O)C(N)c1ccccc1C[C@@H](NC(=O)OCC1c2ccccc2-c2ccccc21)C(=O)O.